The van der Waals surface area contributed by atoms with Gasteiger partial charge in [-0.25, -0.2) is 4.21 Å². The van der Waals surface area contributed by atoms with Crippen molar-refractivity contribution in [3.05, 3.63) is 88.2 Å². The molecule has 4 aliphatic rings. The van der Waals surface area contributed by atoms with E-state index in [0.717, 1.165) is 42.3 Å². The summed E-state index contributed by atoms with van der Waals surface area (Å²) in [5.74, 6) is 0.907. The van der Waals surface area contributed by atoms with E-state index in [4.69, 9.17) is 21.1 Å². The van der Waals surface area contributed by atoms with Gasteiger partial charge in [-0.1, -0.05) is 36.7 Å². The number of hydrogen-bond donors (Lipinski definition) is 1. The number of methoxy groups -OCH3 is 1. The minimum atomic E-state index is -3.60. The van der Waals surface area contributed by atoms with Gasteiger partial charge in [-0.2, -0.15) is 5.10 Å². The highest BCUT2D eigenvalue weighted by atomic mass is 35.5. The Bertz CT molecular complexity index is 1960. The van der Waals surface area contributed by atoms with E-state index in [9.17, 15) is 13.8 Å². The SMILES string of the molecule is COC1/C=C/CC(C)C(C)S(=O)(NC(=O)c2cnn(C)c2)=NC(=O)c2ccc3c(c2)N(CC2CCC21)CC1(CO3)SCCc2cc(Cl)ccc21. The number of anilines is 1. The summed E-state index contributed by atoms with van der Waals surface area (Å²) in [4.78, 5) is 29.8. The molecule has 4 heterocycles. The number of amides is 2. The largest absolute Gasteiger partial charge is 0.490 e. The van der Waals surface area contributed by atoms with Gasteiger partial charge < -0.3 is 14.4 Å². The molecule has 13 heteroatoms. The number of fused-ring (bicyclic) bond motifs is 4. The summed E-state index contributed by atoms with van der Waals surface area (Å²) in [7, 11) is -0.138. The summed E-state index contributed by atoms with van der Waals surface area (Å²) >= 11 is 8.36. The summed E-state index contributed by atoms with van der Waals surface area (Å²) in [6, 6.07) is 11.5. The van der Waals surface area contributed by atoms with Crippen molar-refractivity contribution < 1.29 is 23.3 Å². The highest BCUT2D eigenvalue weighted by Crippen LogP contribution is 2.49. The Morgan fingerprint density at radius 1 is 1.20 bits per heavy atom. The summed E-state index contributed by atoms with van der Waals surface area (Å²) in [5.41, 5.74) is 3.80. The van der Waals surface area contributed by atoms with Crippen LogP contribution in [-0.4, -0.2) is 69.7 Å². The number of allylic oxidation sites excluding steroid dienone is 1. The lowest BCUT2D eigenvalue weighted by Gasteiger charge is -2.45. The van der Waals surface area contributed by atoms with Gasteiger partial charge in [-0.3, -0.25) is 19.0 Å². The second-order valence-electron chi connectivity index (χ2n) is 14.1. The molecule has 10 nitrogen and oxygen atoms in total. The Morgan fingerprint density at radius 3 is 2.78 bits per heavy atom. The standard InChI is InChI=1S/C37H44ClN5O5S2/c1-23-6-5-7-33(47-4)30-11-8-27(30)20-43-21-37(31-12-10-29(38)16-25(31)14-15-49-37)22-48-34-13-9-26(17-32(34)43)35(44)40-50(46,24(23)2)41-36(45)28-18-39-42(3)19-28/h5,7,9-10,12-13,16-19,23-24,27,30,33H,6,8,11,14-15,20-22H2,1-4H3,(H,40,41,44,45,46)/b7-5+. The highest BCUT2D eigenvalue weighted by Gasteiger charge is 2.45. The topological polar surface area (TPSA) is 115 Å². The fraction of sp³-hybridized carbons (Fsp3) is 0.486. The van der Waals surface area contributed by atoms with Crippen LogP contribution in [-0.2, 0) is 32.9 Å². The van der Waals surface area contributed by atoms with E-state index in [1.54, 1.807) is 27.1 Å². The molecule has 1 saturated carbocycles. The van der Waals surface area contributed by atoms with Crippen LogP contribution in [0.2, 0.25) is 5.02 Å². The van der Waals surface area contributed by atoms with Gasteiger partial charge in [-0.05, 0) is 97.6 Å². The number of aryl methyl sites for hydroxylation is 2. The minimum Gasteiger partial charge on any atom is -0.490 e. The van der Waals surface area contributed by atoms with E-state index < -0.39 is 27.0 Å². The summed E-state index contributed by atoms with van der Waals surface area (Å²) in [6.45, 7) is 5.65. The van der Waals surface area contributed by atoms with E-state index in [-0.39, 0.29) is 27.9 Å². The van der Waals surface area contributed by atoms with Crippen molar-refractivity contribution in [2.24, 2.45) is 29.2 Å². The number of rotatable bonds is 3. The zero-order chi connectivity index (χ0) is 35.2. The van der Waals surface area contributed by atoms with Crippen LogP contribution in [0.1, 0.15) is 65.0 Å². The number of carbonyl (C=O) groups is 2. The van der Waals surface area contributed by atoms with Crippen molar-refractivity contribution >= 4 is 50.8 Å². The number of nitrogens with one attached hydrogen (secondary N) is 1. The number of halogens is 1. The molecule has 1 aliphatic carbocycles. The first-order valence-corrected chi connectivity index (χ1v) is 20.2. The molecule has 0 saturated heterocycles. The molecule has 1 N–H and O–H groups in total. The van der Waals surface area contributed by atoms with Crippen LogP contribution >= 0.6 is 23.4 Å². The molecule has 1 fully saturated rings. The molecule has 1 aromatic heterocycles. The lowest BCUT2D eigenvalue weighted by molar-refractivity contribution is 0.0134. The smallest absolute Gasteiger partial charge is 0.286 e. The van der Waals surface area contributed by atoms with Crippen molar-refractivity contribution in [3.63, 3.8) is 0 Å². The molecule has 266 valence electrons. The fourth-order valence-corrected chi connectivity index (χ4v) is 11.2. The van der Waals surface area contributed by atoms with Gasteiger partial charge in [0.2, 0.25) is 0 Å². The van der Waals surface area contributed by atoms with Crippen molar-refractivity contribution in [1.29, 1.82) is 0 Å². The van der Waals surface area contributed by atoms with Crippen molar-refractivity contribution in [2.45, 2.75) is 55.6 Å². The molecule has 2 bridgehead atoms. The predicted molar refractivity (Wildman–Crippen MR) is 198 cm³/mol. The van der Waals surface area contributed by atoms with Crippen LogP contribution in [0.15, 0.2) is 65.3 Å². The molecule has 0 radical (unpaired) electrons. The van der Waals surface area contributed by atoms with Gasteiger partial charge in [0.1, 0.15) is 22.3 Å². The van der Waals surface area contributed by atoms with Gasteiger partial charge in [0, 0.05) is 44.0 Å². The average Bonchev–Trinajstić information content (AvgIpc) is 3.47. The van der Waals surface area contributed by atoms with Crippen LogP contribution in [0.5, 0.6) is 5.75 Å². The van der Waals surface area contributed by atoms with Crippen molar-refractivity contribution in [3.8, 4) is 5.75 Å². The van der Waals surface area contributed by atoms with Gasteiger partial charge in [-0.15, -0.1) is 16.1 Å². The lowest BCUT2D eigenvalue weighted by Crippen LogP contribution is -2.48. The first kappa shape index (κ1) is 35.1. The Morgan fingerprint density at radius 2 is 2.04 bits per heavy atom. The monoisotopic (exact) mass is 737 g/mol. The molecular formula is C37H44ClN5O5S2. The van der Waals surface area contributed by atoms with Crippen LogP contribution < -0.4 is 14.4 Å². The van der Waals surface area contributed by atoms with Crippen LogP contribution in [0.3, 0.4) is 0 Å². The summed E-state index contributed by atoms with van der Waals surface area (Å²) < 4.78 is 35.6. The van der Waals surface area contributed by atoms with Gasteiger partial charge >= 0.3 is 0 Å². The molecular weight excluding hydrogens is 694 g/mol. The first-order valence-electron chi connectivity index (χ1n) is 17.2. The van der Waals surface area contributed by atoms with E-state index in [0.29, 0.717) is 37.2 Å². The van der Waals surface area contributed by atoms with Crippen molar-refractivity contribution in [2.75, 3.05) is 37.5 Å². The molecule has 3 aliphatic heterocycles. The molecule has 7 atom stereocenters. The second-order valence-corrected chi connectivity index (χ2v) is 18.3. The maximum Gasteiger partial charge on any atom is 0.286 e. The third-order valence-electron chi connectivity index (χ3n) is 11.0. The lowest BCUT2D eigenvalue weighted by atomic mass is 9.70. The fourth-order valence-electron chi connectivity index (χ4n) is 7.69. The number of thioether (sulfide) groups is 1. The average molecular weight is 738 g/mol. The molecule has 7 unspecified atom stereocenters. The number of ether oxygens (including phenoxy) is 2. The molecule has 50 heavy (non-hydrogen) atoms. The van der Waals surface area contributed by atoms with Gasteiger partial charge in [0.15, 0.2) is 0 Å². The third-order valence-corrected chi connectivity index (χ3v) is 15.0. The van der Waals surface area contributed by atoms with Crippen LogP contribution in [0.4, 0.5) is 5.69 Å². The van der Waals surface area contributed by atoms with Crippen LogP contribution in [0.25, 0.3) is 0 Å². The van der Waals surface area contributed by atoms with E-state index in [1.165, 1.54) is 28.2 Å². The molecule has 7 rings (SSSR count). The number of aromatic nitrogens is 2. The Hall–Kier alpha value is -3.32. The first-order chi connectivity index (χ1) is 24.0. The Balaban J connectivity index is 1.33. The molecule has 2 aromatic carbocycles. The normalized spacial score (nSPS) is 31.7. The maximum atomic E-state index is 14.7. The molecule has 1 spiro atoms. The number of carbonyl (C=O) groups excluding carboxylic acids is 2. The number of nitrogens with zero attached hydrogens (tertiary/aromatic N) is 4. The number of benzene rings is 2. The summed E-state index contributed by atoms with van der Waals surface area (Å²) in [5, 5.41) is 4.15. The summed E-state index contributed by atoms with van der Waals surface area (Å²) in [6.07, 6.45) is 10.7. The molecule has 3 aromatic rings. The van der Waals surface area contributed by atoms with E-state index in [2.05, 4.69) is 43.4 Å². The minimum absolute atomic E-state index is 0.0695. The molecule has 2 amide bonds. The maximum absolute atomic E-state index is 14.7. The Labute approximate surface area is 303 Å². The van der Waals surface area contributed by atoms with Gasteiger partial charge in [0.05, 0.1) is 33.5 Å². The zero-order valence-electron chi connectivity index (χ0n) is 28.8. The van der Waals surface area contributed by atoms with Crippen molar-refractivity contribution in [1.82, 2.24) is 14.5 Å². The Kier molecular flexibility index (Phi) is 9.83. The highest BCUT2D eigenvalue weighted by molar-refractivity contribution is 8.00. The predicted octanol–water partition coefficient (Wildman–Crippen LogP) is 6.44. The number of hydrogen-bond acceptors (Lipinski definition) is 8. The second kappa shape index (κ2) is 14.0. The zero-order valence-corrected chi connectivity index (χ0v) is 31.2. The van der Waals surface area contributed by atoms with Gasteiger partial charge in [0.25, 0.3) is 11.8 Å². The third kappa shape index (κ3) is 6.71. The quantitative estimate of drug-likeness (QED) is 0.306. The van der Waals surface area contributed by atoms with E-state index in [1.807, 2.05) is 36.9 Å². The van der Waals surface area contributed by atoms with Crippen LogP contribution in [0, 0.1) is 17.8 Å². The van der Waals surface area contributed by atoms with E-state index >= 15 is 0 Å².